The van der Waals surface area contributed by atoms with Crippen molar-refractivity contribution in [1.29, 1.82) is 0 Å². The molecule has 0 aliphatic rings. The number of nitrogen functional groups attached to an aromatic ring is 1. The second kappa shape index (κ2) is 5.79. The van der Waals surface area contributed by atoms with Crippen LogP contribution in [0.3, 0.4) is 0 Å². The van der Waals surface area contributed by atoms with Crippen molar-refractivity contribution in [3.05, 3.63) is 40.9 Å². The Morgan fingerprint density at radius 3 is 2.55 bits per heavy atom. The molecule has 0 fully saturated rings. The Bertz CT molecular complexity index is 736. The minimum atomic E-state index is -0.642. The number of hydrogen-bond acceptors (Lipinski definition) is 5. The lowest BCUT2D eigenvalue weighted by atomic mass is 10.1. The van der Waals surface area contributed by atoms with Crippen molar-refractivity contribution in [2.45, 2.75) is 26.4 Å². The molecular formula is C14H16N6O2. The molecule has 0 unspecified atom stereocenters. The van der Waals surface area contributed by atoms with Crippen LogP contribution in [0.25, 0.3) is 21.7 Å². The third-order valence-electron chi connectivity index (χ3n) is 2.69. The van der Waals surface area contributed by atoms with Crippen LogP contribution in [0.2, 0.25) is 0 Å². The summed E-state index contributed by atoms with van der Waals surface area (Å²) in [7, 11) is 0. The molecule has 8 nitrogen and oxygen atoms in total. The lowest BCUT2D eigenvalue weighted by Gasteiger charge is -2.20. The molecule has 0 amide bonds. The molecule has 1 aromatic heterocycles. The molecule has 0 atom stereocenters. The summed E-state index contributed by atoms with van der Waals surface area (Å²) in [5, 5.41) is 3.49. The largest absolute Gasteiger partial charge is 0.443 e. The minimum Gasteiger partial charge on any atom is -0.443 e. The first kappa shape index (κ1) is 15.4. The van der Waals surface area contributed by atoms with E-state index in [4.69, 9.17) is 16.0 Å². The highest BCUT2D eigenvalue weighted by Crippen LogP contribution is 2.25. The smallest absolute Gasteiger partial charge is 0.421 e. The van der Waals surface area contributed by atoms with Crippen molar-refractivity contribution >= 4 is 17.7 Å². The van der Waals surface area contributed by atoms with Crippen molar-refractivity contribution in [1.82, 2.24) is 9.55 Å². The number of aromatic nitrogens is 2. The summed E-state index contributed by atoms with van der Waals surface area (Å²) < 4.78 is 6.53. The van der Waals surface area contributed by atoms with E-state index in [0.29, 0.717) is 16.9 Å². The van der Waals surface area contributed by atoms with Gasteiger partial charge in [-0.2, -0.15) is 0 Å². The van der Waals surface area contributed by atoms with Crippen LogP contribution in [-0.4, -0.2) is 21.2 Å². The molecule has 114 valence electrons. The summed E-state index contributed by atoms with van der Waals surface area (Å²) in [6.07, 6.45) is 0.888. The Hall–Kier alpha value is -2.99. The number of carbonyl (C=O) groups excluding carboxylic acids is 1. The number of nitrogens with two attached hydrogens (primary N) is 1. The van der Waals surface area contributed by atoms with E-state index in [9.17, 15) is 4.79 Å². The summed E-state index contributed by atoms with van der Waals surface area (Å²) in [6.45, 7) is 5.31. The average molecular weight is 300 g/mol. The lowest BCUT2D eigenvalue weighted by molar-refractivity contribution is 0.0543. The summed E-state index contributed by atoms with van der Waals surface area (Å²) in [5.41, 5.74) is 15.2. The number of hydrogen-bond donors (Lipinski definition) is 1. The normalized spacial score (nSPS) is 10.9. The SMILES string of the molecule is CC(C)(C)OC(=O)n1c(-c2ccc(N=[N+]=[N-])cc2)cnc1N. The van der Waals surface area contributed by atoms with Crippen LogP contribution in [0.15, 0.2) is 35.6 Å². The van der Waals surface area contributed by atoms with Gasteiger partial charge in [0, 0.05) is 16.2 Å². The molecule has 2 aromatic rings. The third-order valence-corrected chi connectivity index (χ3v) is 2.69. The number of carbonyl (C=O) groups is 1. The van der Waals surface area contributed by atoms with Crippen molar-refractivity contribution in [2.24, 2.45) is 5.11 Å². The van der Waals surface area contributed by atoms with E-state index in [1.165, 1.54) is 10.8 Å². The van der Waals surface area contributed by atoms with Gasteiger partial charge in [0.2, 0.25) is 5.95 Å². The zero-order valence-corrected chi connectivity index (χ0v) is 12.5. The molecule has 0 saturated heterocycles. The third kappa shape index (κ3) is 3.36. The van der Waals surface area contributed by atoms with Gasteiger partial charge in [0.1, 0.15) is 5.60 Å². The maximum atomic E-state index is 12.3. The Labute approximate surface area is 127 Å². The van der Waals surface area contributed by atoms with E-state index in [-0.39, 0.29) is 5.95 Å². The first-order valence-corrected chi connectivity index (χ1v) is 6.54. The fourth-order valence-electron chi connectivity index (χ4n) is 1.82. The highest BCUT2D eigenvalue weighted by atomic mass is 16.6. The number of anilines is 1. The van der Waals surface area contributed by atoms with E-state index in [0.717, 1.165) is 0 Å². The summed E-state index contributed by atoms with van der Waals surface area (Å²) in [5.74, 6) is 0.0448. The molecule has 0 radical (unpaired) electrons. The van der Waals surface area contributed by atoms with Crippen molar-refractivity contribution in [3.8, 4) is 11.3 Å². The predicted octanol–water partition coefficient (Wildman–Crippen LogP) is 3.86. The van der Waals surface area contributed by atoms with Gasteiger partial charge in [0.15, 0.2) is 0 Å². The summed E-state index contributed by atoms with van der Waals surface area (Å²) >= 11 is 0. The Morgan fingerprint density at radius 1 is 1.36 bits per heavy atom. The molecule has 0 aliphatic carbocycles. The van der Waals surface area contributed by atoms with Gasteiger partial charge in [-0.25, -0.2) is 14.3 Å². The first-order valence-electron chi connectivity index (χ1n) is 6.54. The first-order chi connectivity index (χ1) is 10.3. The fourth-order valence-corrected chi connectivity index (χ4v) is 1.82. The quantitative estimate of drug-likeness (QED) is 0.514. The van der Waals surface area contributed by atoms with Crippen LogP contribution in [0.1, 0.15) is 20.8 Å². The van der Waals surface area contributed by atoms with Crippen LogP contribution in [0, 0.1) is 0 Å². The van der Waals surface area contributed by atoms with Gasteiger partial charge in [-0.15, -0.1) is 0 Å². The molecule has 0 aliphatic heterocycles. The molecule has 2 rings (SSSR count). The van der Waals surface area contributed by atoms with Crippen molar-refractivity contribution in [3.63, 3.8) is 0 Å². The van der Waals surface area contributed by atoms with Crippen molar-refractivity contribution < 1.29 is 9.53 Å². The van der Waals surface area contributed by atoms with Gasteiger partial charge in [-0.3, -0.25) is 0 Å². The summed E-state index contributed by atoms with van der Waals surface area (Å²) in [4.78, 5) is 18.9. The maximum Gasteiger partial charge on any atom is 0.421 e. The Balaban J connectivity index is 2.40. The number of nitrogens with zero attached hydrogens (tertiary/aromatic N) is 5. The van der Waals surface area contributed by atoms with Crippen LogP contribution >= 0.6 is 0 Å². The molecule has 1 heterocycles. The highest BCUT2D eigenvalue weighted by Gasteiger charge is 2.22. The number of imidazole rings is 1. The highest BCUT2D eigenvalue weighted by molar-refractivity contribution is 5.81. The molecule has 2 N–H and O–H groups in total. The van der Waals surface area contributed by atoms with Gasteiger partial charge in [0.05, 0.1) is 11.9 Å². The monoisotopic (exact) mass is 300 g/mol. The minimum absolute atomic E-state index is 0.0448. The predicted molar refractivity (Wildman–Crippen MR) is 82.5 cm³/mol. The van der Waals surface area contributed by atoms with E-state index in [1.54, 1.807) is 45.0 Å². The fraction of sp³-hybridized carbons (Fsp3) is 0.286. The van der Waals surface area contributed by atoms with Gasteiger partial charge in [-0.1, -0.05) is 29.4 Å². The lowest BCUT2D eigenvalue weighted by Crippen LogP contribution is -2.28. The zero-order valence-electron chi connectivity index (χ0n) is 12.5. The molecule has 0 saturated carbocycles. The van der Waals surface area contributed by atoms with Gasteiger partial charge in [0.25, 0.3) is 0 Å². The zero-order chi connectivity index (χ0) is 16.3. The van der Waals surface area contributed by atoms with Crippen LogP contribution in [-0.2, 0) is 4.74 Å². The molecule has 0 spiro atoms. The number of benzene rings is 1. The second-order valence-corrected chi connectivity index (χ2v) is 5.55. The topological polar surface area (TPSA) is 119 Å². The number of rotatable bonds is 2. The van der Waals surface area contributed by atoms with Crippen LogP contribution in [0.5, 0.6) is 0 Å². The van der Waals surface area contributed by atoms with Gasteiger partial charge in [-0.05, 0) is 26.3 Å². The van der Waals surface area contributed by atoms with E-state index < -0.39 is 11.7 Å². The maximum absolute atomic E-state index is 12.3. The number of azide groups is 1. The molecule has 0 bridgehead atoms. The van der Waals surface area contributed by atoms with E-state index in [2.05, 4.69) is 15.0 Å². The van der Waals surface area contributed by atoms with Crippen LogP contribution in [0.4, 0.5) is 16.4 Å². The van der Waals surface area contributed by atoms with E-state index in [1.807, 2.05) is 0 Å². The molecular weight excluding hydrogens is 284 g/mol. The van der Waals surface area contributed by atoms with Gasteiger partial charge < -0.3 is 10.5 Å². The second-order valence-electron chi connectivity index (χ2n) is 5.55. The van der Waals surface area contributed by atoms with Crippen LogP contribution < -0.4 is 5.73 Å². The molecule has 1 aromatic carbocycles. The average Bonchev–Trinajstić information content (AvgIpc) is 2.80. The Kier molecular flexibility index (Phi) is 4.05. The summed E-state index contributed by atoms with van der Waals surface area (Å²) in [6, 6.07) is 6.69. The standard InChI is InChI=1S/C14H16N6O2/c1-14(2,3)22-13(21)20-11(8-17-12(20)15)9-4-6-10(7-5-9)18-19-16/h4-8H,1-3H3,(H2,15,17). The molecule has 22 heavy (non-hydrogen) atoms. The molecule has 8 heteroatoms. The van der Waals surface area contributed by atoms with Gasteiger partial charge >= 0.3 is 6.09 Å². The number of ether oxygens (including phenoxy) is 1. The Morgan fingerprint density at radius 2 is 2.00 bits per heavy atom. The van der Waals surface area contributed by atoms with Crippen molar-refractivity contribution in [2.75, 3.05) is 5.73 Å². The van der Waals surface area contributed by atoms with E-state index >= 15 is 0 Å².